The lowest BCUT2D eigenvalue weighted by molar-refractivity contribution is -0.315. The van der Waals surface area contributed by atoms with Gasteiger partial charge in [-0.05, 0) is 20.8 Å². The van der Waals surface area contributed by atoms with Crippen LogP contribution in [0.4, 0.5) is 9.15 Å². The van der Waals surface area contributed by atoms with Gasteiger partial charge in [0.25, 0.3) is 0 Å². The lowest BCUT2D eigenvalue weighted by Crippen LogP contribution is -2.61. The van der Waals surface area contributed by atoms with E-state index in [1.165, 1.54) is 20.8 Å². The van der Waals surface area contributed by atoms with Gasteiger partial charge in [0.15, 0.2) is 12.6 Å². The Morgan fingerprint density at radius 2 is 1.05 bits per heavy atom. The molecular weight excluding hydrogens is 658 g/mol. The van der Waals surface area contributed by atoms with Crippen molar-refractivity contribution in [3.63, 3.8) is 0 Å². The quantitative estimate of drug-likeness (QED) is 0.0974. The standard InChI is InChI=1S/C21H38O19S2.F2/c1-7-10(5-34-21-17(27)19(40-42(31,32)33)14(24)9(3)38-21)18(39-41(28,29)30)16(26)20(37-7)35-6-11-13(23)8(2)36-12(4-22)15(11)25;1-2/h7-27H,4-6H2,1-3H3,(H,28,29,30)(H,31,32,33);/t7?,8?,9?,10-,11?,12?,13?,14-,15-,16?,17?,18?,19?,20-,21-;/m1./s1. The molecule has 0 saturated carbocycles. The molecule has 3 aliphatic rings. The van der Waals surface area contributed by atoms with Crippen LogP contribution in [-0.4, -0.2) is 156 Å². The zero-order valence-electron chi connectivity index (χ0n) is 23.4. The number of ether oxygens (including phenoxy) is 5. The third-order valence-corrected chi connectivity index (χ3v) is 8.38. The van der Waals surface area contributed by atoms with E-state index in [1.807, 2.05) is 0 Å². The first-order chi connectivity index (χ1) is 20.3. The average Bonchev–Trinajstić information content (AvgIpc) is 2.93. The molecular formula is C21H38F2O19S2. The molecule has 0 bridgehead atoms. The van der Waals surface area contributed by atoms with Crippen LogP contribution in [0.1, 0.15) is 20.8 Å². The summed E-state index contributed by atoms with van der Waals surface area (Å²) >= 11 is 0. The van der Waals surface area contributed by atoms with E-state index < -0.39 is 132 Å². The molecule has 44 heavy (non-hydrogen) atoms. The van der Waals surface area contributed by atoms with Crippen LogP contribution in [0.25, 0.3) is 0 Å². The topological polar surface area (TPSA) is 295 Å². The zero-order valence-corrected chi connectivity index (χ0v) is 25.1. The van der Waals surface area contributed by atoms with Crippen LogP contribution >= 0.6 is 0 Å². The van der Waals surface area contributed by atoms with Crippen LogP contribution in [0.2, 0.25) is 0 Å². The predicted octanol–water partition coefficient (Wildman–Crippen LogP) is -3.46. The molecule has 8 N–H and O–H groups in total. The fourth-order valence-corrected chi connectivity index (χ4v) is 6.16. The number of aliphatic hydroxyl groups is 6. The Kier molecular flexibility index (Phi) is 14.6. The SMILES string of the molecule is CC1OC(CO)[C@H](O)C(CO[C@@H]2OC(C)[C@@H](CO[C@@H]3OC(C)[C@@H](O)C(OS(=O)(=O)O)C3O)C(OS(=O)(=O)O)C2O)C1O.FF. The van der Waals surface area contributed by atoms with Crippen molar-refractivity contribution >= 4 is 20.8 Å². The molecule has 23 heteroatoms. The van der Waals surface area contributed by atoms with E-state index in [0.29, 0.717) is 0 Å². The molecule has 19 nitrogen and oxygen atoms in total. The fraction of sp³-hybridized carbons (Fsp3) is 1.00. The maximum absolute atomic E-state index is 11.6. The number of aliphatic hydroxyl groups excluding tert-OH is 6. The van der Waals surface area contributed by atoms with Gasteiger partial charge in [0.2, 0.25) is 0 Å². The molecule has 10 unspecified atom stereocenters. The van der Waals surface area contributed by atoms with Gasteiger partial charge in [-0.2, -0.15) is 16.8 Å². The molecule has 0 spiro atoms. The molecule has 0 aromatic carbocycles. The van der Waals surface area contributed by atoms with Gasteiger partial charge >= 0.3 is 20.8 Å². The van der Waals surface area contributed by atoms with E-state index in [1.54, 1.807) is 0 Å². The second kappa shape index (κ2) is 16.3. The minimum atomic E-state index is -5.19. The first kappa shape index (κ1) is 39.3. The number of hydrogen-bond donors (Lipinski definition) is 8. The summed E-state index contributed by atoms with van der Waals surface area (Å²) in [5, 5.41) is 61.8. The monoisotopic (exact) mass is 696 g/mol. The lowest BCUT2D eigenvalue weighted by Gasteiger charge is -2.45. The summed E-state index contributed by atoms with van der Waals surface area (Å²) in [7, 11) is -10.3. The molecule has 3 fully saturated rings. The van der Waals surface area contributed by atoms with Crippen LogP contribution in [0, 0.1) is 11.8 Å². The maximum Gasteiger partial charge on any atom is 0.397 e. The third-order valence-electron chi connectivity index (χ3n) is 7.45. The minimum absolute atomic E-state index is 0.446. The van der Waals surface area contributed by atoms with E-state index in [-0.39, 0.29) is 0 Å². The Morgan fingerprint density at radius 1 is 0.614 bits per heavy atom. The van der Waals surface area contributed by atoms with Crippen LogP contribution in [0.5, 0.6) is 0 Å². The summed E-state index contributed by atoms with van der Waals surface area (Å²) < 4.78 is 116. The molecule has 0 radical (unpaired) electrons. The highest BCUT2D eigenvalue weighted by Crippen LogP contribution is 2.34. The Labute approximate surface area is 250 Å². The summed E-state index contributed by atoms with van der Waals surface area (Å²) in [5.74, 6) is -2.24. The van der Waals surface area contributed by atoms with Crippen molar-refractivity contribution < 1.29 is 97.8 Å². The summed E-state index contributed by atoms with van der Waals surface area (Å²) in [6, 6.07) is 0. The van der Waals surface area contributed by atoms with Gasteiger partial charge in [-0.15, -0.1) is 0 Å². The van der Waals surface area contributed by atoms with Crippen molar-refractivity contribution in [3.05, 3.63) is 0 Å². The van der Waals surface area contributed by atoms with Gasteiger partial charge in [0.1, 0.15) is 36.6 Å². The van der Waals surface area contributed by atoms with Crippen LogP contribution in [0.15, 0.2) is 0 Å². The van der Waals surface area contributed by atoms with Gasteiger partial charge in [-0.25, -0.2) is 8.37 Å². The molecule has 0 aromatic rings. The molecule has 0 aromatic heterocycles. The molecule has 3 aliphatic heterocycles. The van der Waals surface area contributed by atoms with Crippen molar-refractivity contribution in [2.45, 2.75) is 100 Å². The molecule has 0 aliphatic carbocycles. The Hall–Kier alpha value is -0.840. The second-order valence-corrected chi connectivity index (χ2v) is 12.5. The lowest BCUT2D eigenvalue weighted by atomic mass is 9.87. The summed E-state index contributed by atoms with van der Waals surface area (Å²) in [6.07, 6.45) is -19.3. The normalized spacial score (nSPS) is 43.6. The van der Waals surface area contributed by atoms with E-state index in [9.17, 15) is 52.0 Å². The van der Waals surface area contributed by atoms with E-state index in [0.717, 1.165) is 0 Å². The minimum Gasteiger partial charge on any atom is -0.394 e. The fourth-order valence-electron chi connectivity index (χ4n) is 5.12. The van der Waals surface area contributed by atoms with E-state index in [2.05, 4.69) is 8.37 Å². The molecule has 15 atom stereocenters. The third kappa shape index (κ3) is 10.1. The number of hydrogen-bond acceptors (Lipinski definition) is 17. The van der Waals surface area contributed by atoms with E-state index >= 15 is 0 Å². The van der Waals surface area contributed by atoms with Gasteiger partial charge in [0, 0.05) is 21.0 Å². The highest BCUT2D eigenvalue weighted by atomic mass is 32.3. The van der Waals surface area contributed by atoms with Crippen molar-refractivity contribution in [2.75, 3.05) is 19.8 Å². The molecule has 3 heterocycles. The maximum atomic E-state index is 11.6. The van der Waals surface area contributed by atoms with Crippen molar-refractivity contribution in [2.24, 2.45) is 11.8 Å². The predicted molar refractivity (Wildman–Crippen MR) is 134 cm³/mol. The Balaban J connectivity index is 0.00000330. The highest BCUT2D eigenvalue weighted by molar-refractivity contribution is 7.81. The molecule has 262 valence electrons. The summed E-state index contributed by atoms with van der Waals surface area (Å²) in [4.78, 5) is 0. The van der Waals surface area contributed by atoms with Crippen LogP contribution in [0.3, 0.4) is 0 Å². The molecule has 3 saturated heterocycles. The number of halogens is 2. The van der Waals surface area contributed by atoms with Gasteiger partial charge in [0.05, 0.1) is 50.3 Å². The largest absolute Gasteiger partial charge is 0.397 e. The zero-order chi connectivity index (χ0) is 33.7. The van der Waals surface area contributed by atoms with E-state index in [4.69, 9.17) is 37.4 Å². The average molecular weight is 697 g/mol. The summed E-state index contributed by atoms with van der Waals surface area (Å²) in [6.45, 7) is 2.57. The van der Waals surface area contributed by atoms with Crippen LogP contribution < -0.4 is 0 Å². The van der Waals surface area contributed by atoms with Gasteiger partial charge in [-0.1, -0.05) is 0 Å². The summed E-state index contributed by atoms with van der Waals surface area (Å²) in [5.41, 5.74) is 0. The Morgan fingerprint density at radius 3 is 1.55 bits per heavy atom. The van der Waals surface area contributed by atoms with Crippen molar-refractivity contribution in [1.29, 1.82) is 0 Å². The van der Waals surface area contributed by atoms with Gasteiger partial charge < -0.3 is 54.3 Å². The first-order valence-corrected chi connectivity index (χ1v) is 15.7. The smallest absolute Gasteiger partial charge is 0.394 e. The number of rotatable bonds is 11. The van der Waals surface area contributed by atoms with Crippen LogP contribution in [-0.2, 0) is 52.8 Å². The van der Waals surface area contributed by atoms with Crippen molar-refractivity contribution in [1.82, 2.24) is 0 Å². The van der Waals surface area contributed by atoms with Gasteiger partial charge in [-0.3, -0.25) is 9.11 Å². The van der Waals surface area contributed by atoms with Crippen molar-refractivity contribution in [3.8, 4) is 0 Å². The second-order valence-electron chi connectivity index (χ2n) is 10.4. The first-order valence-electron chi connectivity index (χ1n) is 13.0. The highest BCUT2D eigenvalue weighted by Gasteiger charge is 2.51. The Bertz CT molecular complexity index is 1100. The molecule has 0 amide bonds. The molecule has 3 rings (SSSR count).